The second-order valence-electron chi connectivity index (χ2n) is 13.6. The Labute approximate surface area is 273 Å². The Morgan fingerprint density at radius 2 is 1.13 bits per heavy atom. The predicted octanol–water partition coefficient (Wildman–Crippen LogP) is 12.3. The topological polar surface area (TPSA) is 20.2 Å². The molecule has 0 aliphatic heterocycles. The SMILES string of the molecule is CC(C)Cc1ccc(-c2ccc(CC3=C/C=C\C(C)(C(C)C)/C=C(/O)C3)cc2)cc1.CCc1ccc(-c2ccc(C)cc2)cc1. The first kappa shape index (κ1) is 33.8. The minimum Gasteiger partial charge on any atom is -0.512 e. The van der Waals surface area contributed by atoms with Gasteiger partial charge in [0.1, 0.15) is 0 Å². The summed E-state index contributed by atoms with van der Waals surface area (Å²) in [6.07, 6.45) is 12.3. The van der Waals surface area contributed by atoms with Crippen molar-refractivity contribution < 1.29 is 5.11 Å². The average Bonchev–Trinajstić information content (AvgIpc) is 3.01. The highest BCUT2D eigenvalue weighted by Gasteiger charge is 2.24. The standard InChI is InChI=1S/C29H36O.C15H16/c1-21(2)17-23-8-12-26(13-9-23)27-14-10-24(11-15-27)18-25-7-6-16-29(5,22(3)4)20-28(30)19-25;1-3-13-6-10-15(11-7-13)14-8-4-12(2)5-9-14/h6-16,20-22,30H,17-19H2,1-5H3;4-11H,3H2,1-2H3/b16-6-,25-7?,28-20+;. The third-order valence-electron chi connectivity index (χ3n) is 8.98. The summed E-state index contributed by atoms with van der Waals surface area (Å²) >= 11 is 0. The molecule has 0 aromatic heterocycles. The van der Waals surface area contributed by atoms with Gasteiger partial charge < -0.3 is 5.11 Å². The molecule has 0 spiro atoms. The molecular weight excluding hydrogens is 544 g/mol. The van der Waals surface area contributed by atoms with Crippen LogP contribution in [0.2, 0.25) is 0 Å². The van der Waals surface area contributed by atoms with Gasteiger partial charge >= 0.3 is 0 Å². The Kier molecular flexibility index (Phi) is 11.8. The van der Waals surface area contributed by atoms with Crippen molar-refractivity contribution in [2.45, 2.75) is 74.1 Å². The average molecular weight is 597 g/mol. The van der Waals surface area contributed by atoms with Crippen molar-refractivity contribution in [2.75, 3.05) is 0 Å². The molecule has 4 aromatic rings. The Hall–Kier alpha value is -4.10. The van der Waals surface area contributed by atoms with E-state index in [-0.39, 0.29) is 5.41 Å². The van der Waals surface area contributed by atoms with Crippen molar-refractivity contribution in [1.82, 2.24) is 0 Å². The number of aliphatic hydroxyl groups is 1. The highest BCUT2D eigenvalue weighted by atomic mass is 16.3. The molecule has 0 amide bonds. The number of aryl methyl sites for hydroxylation is 2. The summed E-state index contributed by atoms with van der Waals surface area (Å²) in [5.41, 5.74) is 11.6. The van der Waals surface area contributed by atoms with Crippen LogP contribution in [-0.2, 0) is 19.3 Å². The van der Waals surface area contributed by atoms with Gasteiger partial charge in [-0.05, 0) is 83.0 Å². The second kappa shape index (κ2) is 15.8. The van der Waals surface area contributed by atoms with Crippen molar-refractivity contribution in [3.63, 3.8) is 0 Å². The summed E-state index contributed by atoms with van der Waals surface area (Å²) < 4.78 is 0. The van der Waals surface area contributed by atoms with Crippen LogP contribution in [0.3, 0.4) is 0 Å². The zero-order valence-corrected chi connectivity index (χ0v) is 28.5. The van der Waals surface area contributed by atoms with Crippen LogP contribution in [0.25, 0.3) is 22.3 Å². The lowest BCUT2D eigenvalue weighted by Gasteiger charge is -2.28. The van der Waals surface area contributed by atoms with Gasteiger partial charge in [-0.1, -0.05) is 168 Å². The van der Waals surface area contributed by atoms with Gasteiger partial charge in [-0.15, -0.1) is 0 Å². The van der Waals surface area contributed by atoms with Crippen molar-refractivity contribution in [3.8, 4) is 22.3 Å². The lowest BCUT2D eigenvalue weighted by molar-refractivity contribution is 0.339. The summed E-state index contributed by atoms with van der Waals surface area (Å²) in [5, 5.41) is 10.5. The maximum Gasteiger partial charge on any atom is 0.0932 e. The van der Waals surface area contributed by atoms with Gasteiger partial charge in [0.25, 0.3) is 0 Å². The van der Waals surface area contributed by atoms with Crippen molar-refractivity contribution in [2.24, 2.45) is 17.3 Å². The maximum atomic E-state index is 10.5. The van der Waals surface area contributed by atoms with Crippen LogP contribution in [0, 0.1) is 24.2 Å². The number of aliphatic hydroxyl groups excluding tert-OH is 1. The molecule has 0 heterocycles. The molecule has 1 aliphatic carbocycles. The Morgan fingerprint density at radius 3 is 1.60 bits per heavy atom. The van der Waals surface area contributed by atoms with E-state index in [2.05, 4.69) is 164 Å². The zero-order chi connectivity index (χ0) is 32.4. The number of hydrogen-bond acceptors (Lipinski definition) is 1. The van der Waals surface area contributed by atoms with E-state index in [9.17, 15) is 5.11 Å². The van der Waals surface area contributed by atoms with Crippen LogP contribution in [0.4, 0.5) is 0 Å². The fraction of sp³-hybridized carbons (Fsp3) is 0.318. The number of allylic oxidation sites excluding steroid dienone is 5. The summed E-state index contributed by atoms with van der Waals surface area (Å²) in [5.74, 6) is 1.60. The molecule has 1 heteroatoms. The predicted molar refractivity (Wildman–Crippen MR) is 196 cm³/mol. The second-order valence-corrected chi connectivity index (χ2v) is 13.6. The minimum atomic E-state index is -0.0987. The third-order valence-corrected chi connectivity index (χ3v) is 8.98. The van der Waals surface area contributed by atoms with E-state index in [1.165, 1.54) is 50.1 Å². The van der Waals surface area contributed by atoms with Gasteiger partial charge in [-0.2, -0.15) is 0 Å². The van der Waals surface area contributed by atoms with E-state index in [0.717, 1.165) is 19.3 Å². The number of benzene rings is 4. The van der Waals surface area contributed by atoms with Crippen molar-refractivity contribution in [1.29, 1.82) is 0 Å². The van der Waals surface area contributed by atoms with E-state index >= 15 is 0 Å². The molecule has 1 N–H and O–H groups in total. The number of hydrogen-bond donors (Lipinski definition) is 1. The van der Waals surface area contributed by atoms with Gasteiger partial charge in [-0.25, -0.2) is 0 Å². The Bertz CT molecular complexity index is 1580. The molecule has 1 atom stereocenters. The van der Waals surface area contributed by atoms with Crippen LogP contribution < -0.4 is 0 Å². The molecule has 0 radical (unpaired) electrons. The first-order valence-electron chi connectivity index (χ1n) is 16.7. The van der Waals surface area contributed by atoms with Crippen LogP contribution in [-0.4, -0.2) is 5.11 Å². The van der Waals surface area contributed by atoms with Gasteiger partial charge in [0.15, 0.2) is 0 Å². The van der Waals surface area contributed by atoms with Crippen LogP contribution in [0.5, 0.6) is 0 Å². The van der Waals surface area contributed by atoms with E-state index in [4.69, 9.17) is 0 Å². The molecule has 234 valence electrons. The lowest BCUT2D eigenvalue weighted by atomic mass is 9.77. The first-order valence-corrected chi connectivity index (χ1v) is 16.7. The highest BCUT2D eigenvalue weighted by Crippen LogP contribution is 2.34. The summed E-state index contributed by atoms with van der Waals surface area (Å²) in [4.78, 5) is 0. The van der Waals surface area contributed by atoms with Crippen LogP contribution >= 0.6 is 0 Å². The van der Waals surface area contributed by atoms with Crippen molar-refractivity contribution in [3.05, 3.63) is 155 Å². The maximum absolute atomic E-state index is 10.5. The molecule has 1 nitrogen and oxygen atoms in total. The molecule has 4 aromatic carbocycles. The zero-order valence-electron chi connectivity index (χ0n) is 28.5. The summed E-state index contributed by atoms with van der Waals surface area (Å²) in [7, 11) is 0. The highest BCUT2D eigenvalue weighted by molar-refractivity contribution is 5.65. The fourth-order valence-electron chi connectivity index (χ4n) is 5.68. The Balaban J connectivity index is 0.000000256. The Morgan fingerprint density at radius 1 is 0.667 bits per heavy atom. The molecular formula is C44H52O. The molecule has 5 rings (SSSR count). The molecule has 1 unspecified atom stereocenters. The van der Waals surface area contributed by atoms with Gasteiger partial charge in [0.05, 0.1) is 5.76 Å². The molecule has 0 fully saturated rings. The molecule has 0 saturated heterocycles. The first-order chi connectivity index (χ1) is 21.5. The molecule has 0 saturated carbocycles. The third kappa shape index (κ3) is 9.95. The van der Waals surface area contributed by atoms with E-state index in [1.807, 2.05) is 6.08 Å². The molecule has 45 heavy (non-hydrogen) atoms. The van der Waals surface area contributed by atoms with Crippen molar-refractivity contribution >= 4 is 0 Å². The van der Waals surface area contributed by atoms with E-state index < -0.39 is 0 Å². The van der Waals surface area contributed by atoms with Crippen LogP contribution in [0.15, 0.2) is 133 Å². The normalized spacial score (nSPS) is 18.2. The fourth-order valence-corrected chi connectivity index (χ4v) is 5.68. The monoisotopic (exact) mass is 596 g/mol. The van der Waals surface area contributed by atoms with E-state index in [0.29, 0.717) is 24.0 Å². The molecule has 0 bridgehead atoms. The van der Waals surface area contributed by atoms with Gasteiger partial charge in [0.2, 0.25) is 0 Å². The van der Waals surface area contributed by atoms with Gasteiger partial charge in [-0.3, -0.25) is 0 Å². The minimum absolute atomic E-state index is 0.0987. The lowest BCUT2D eigenvalue weighted by Crippen LogP contribution is -2.19. The number of rotatable bonds is 8. The largest absolute Gasteiger partial charge is 0.512 e. The quantitative estimate of drug-likeness (QED) is 0.214. The van der Waals surface area contributed by atoms with E-state index in [1.54, 1.807) is 0 Å². The smallest absolute Gasteiger partial charge is 0.0932 e. The molecule has 1 aliphatic rings. The summed E-state index contributed by atoms with van der Waals surface area (Å²) in [6.45, 7) is 15.4. The summed E-state index contributed by atoms with van der Waals surface area (Å²) in [6, 6.07) is 35.2. The van der Waals surface area contributed by atoms with Crippen LogP contribution in [0.1, 0.15) is 70.2 Å². The van der Waals surface area contributed by atoms with Gasteiger partial charge in [0, 0.05) is 11.8 Å².